The Labute approximate surface area is 110 Å². The lowest BCUT2D eigenvalue weighted by molar-refractivity contribution is 0.278. The normalized spacial score (nSPS) is 17.1. The molecular weight excluding hydrogens is 242 g/mol. The molecule has 0 aliphatic carbocycles. The average Bonchev–Trinajstić information content (AvgIpc) is 2.69. The van der Waals surface area contributed by atoms with Crippen LogP contribution < -0.4 is 11.1 Å². The molecule has 0 spiro atoms. The van der Waals surface area contributed by atoms with Gasteiger partial charge in [0.25, 0.3) is 6.02 Å². The molecule has 19 heavy (non-hydrogen) atoms. The van der Waals surface area contributed by atoms with E-state index in [1.54, 1.807) is 0 Å². The second-order valence-electron chi connectivity index (χ2n) is 5.14. The summed E-state index contributed by atoms with van der Waals surface area (Å²) < 4.78 is 5.50. The lowest BCUT2D eigenvalue weighted by Gasteiger charge is -2.07. The standard InChI is InChI=1S/C13H15N5O/c1-13(2)6-19-12(18-13)17-11-9-5-8(14)3-4-10(9)15-7-16-11/h3-5,7H,6,14H2,1-2H3,(H,15,16,17,18). The highest BCUT2D eigenvalue weighted by Crippen LogP contribution is 2.23. The Morgan fingerprint density at radius 3 is 2.89 bits per heavy atom. The maximum Gasteiger partial charge on any atom is 0.291 e. The van der Waals surface area contributed by atoms with Crippen molar-refractivity contribution in [3.05, 3.63) is 24.5 Å². The van der Waals surface area contributed by atoms with Crippen molar-refractivity contribution in [3.8, 4) is 0 Å². The van der Waals surface area contributed by atoms with E-state index in [9.17, 15) is 0 Å². The van der Waals surface area contributed by atoms with Crippen LogP contribution in [0.15, 0.2) is 29.5 Å². The summed E-state index contributed by atoms with van der Waals surface area (Å²) in [5.74, 6) is 0.647. The second kappa shape index (κ2) is 4.08. The van der Waals surface area contributed by atoms with E-state index >= 15 is 0 Å². The predicted octanol–water partition coefficient (Wildman–Crippen LogP) is 1.79. The zero-order valence-electron chi connectivity index (χ0n) is 10.8. The number of nitrogen functional groups attached to an aromatic ring is 1. The molecule has 0 fully saturated rings. The van der Waals surface area contributed by atoms with Crippen LogP contribution in [0.2, 0.25) is 0 Å². The number of aliphatic imine (C=N–C) groups is 1. The zero-order chi connectivity index (χ0) is 13.5. The van der Waals surface area contributed by atoms with Gasteiger partial charge in [0.1, 0.15) is 18.8 Å². The fraction of sp³-hybridized carbons (Fsp3) is 0.308. The van der Waals surface area contributed by atoms with Gasteiger partial charge >= 0.3 is 0 Å². The average molecular weight is 257 g/mol. The Kier molecular flexibility index (Phi) is 2.51. The summed E-state index contributed by atoms with van der Waals surface area (Å²) in [5.41, 5.74) is 7.09. The largest absolute Gasteiger partial charge is 0.462 e. The number of anilines is 2. The molecule has 98 valence electrons. The monoisotopic (exact) mass is 257 g/mol. The summed E-state index contributed by atoms with van der Waals surface area (Å²) in [6, 6.07) is 5.98. The molecule has 0 amide bonds. The number of rotatable bonds is 1. The molecule has 0 unspecified atom stereocenters. The van der Waals surface area contributed by atoms with Gasteiger partial charge in [-0.2, -0.15) is 0 Å². The van der Waals surface area contributed by atoms with Crippen molar-refractivity contribution in [3.63, 3.8) is 0 Å². The van der Waals surface area contributed by atoms with Crippen LogP contribution in [0.3, 0.4) is 0 Å². The highest BCUT2D eigenvalue weighted by molar-refractivity contribution is 5.99. The fourth-order valence-corrected chi connectivity index (χ4v) is 1.92. The van der Waals surface area contributed by atoms with Crippen LogP contribution in [0.1, 0.15) is 13.8 Å². The van der Waals surface area contributed by atoms with Crippen molar-refractivity contribution in [1.29, 1.82) is 0 Å². The number of fused-ring (bicyclic) bond motifs is 1. The number of nitrogens with one attached hydrogen (secondary N) is 1. The number of nitrogens with zero attached hydrogens (tertiary/aromatic N) is 3. The van der Waals surface area contributed by atoms with Crippen LogP contribution in [-0.4, -0.2) is 28.1 Å². The van der Waals surface area contributed by atoms with E-state index in [1.165, 1.54) is 6.33 Å². The second-order valence-corrected chi connectivity index (χ2v) is 5.14. The van der Waals surface area contributed by atoms with Gasteiger partial charge in [-0.1, -0.05) is 0 Å². The minimum atomic E-state index is -0.204. The predicted molar refractivity (Wildman–Crippen MR) is 75.0 cm³/mol. The molecule has 2 aromatic rings. The van der Waals surface area contributed by atoms with Gasteiger partial charge in [0.05, 0.1) is 11.1 Å². The first-order chi connectivity index (χ1) is 9.03. The van der Waals surface area contributed by atoms with Gasteiger partial charge in [0.15, 0.2) is 0 Å². The molecular formula is C13H15N5O. The van der Waals surface area contributed by atoms with Crippen LogP contribution in [-0.2, 0) is 4.74 Å². The Morgan fingerprint density at radius 2 is 2.16 bits per heavy atom. The van der Waals surface area contributed by atoms with Gasteiger partial charge in [-0.15, -0.1) is 0 Å². The zero-order valence-corrected chi connectivity index (χ0v) is 10.8. The summed E-state index contributed by atoms with van der Waals surface area (Å²) in [6.07, 6.45) is 1.50. The first-order valence-corrected chi connectivity index (χ1v) is 6.03. The number of amidine groups is 1. The molecule has 2 heterocycles. The molecule has 1 aliphatic heterocycles. The van der Waals surface area contributed by atoms with E-state index in [1.807, 2.05) is 32.0 Å². The maximum absolute atomic E-state index is 5.80. The fourth-order valence-electron chi connectivity index (χ4n) is 1.92. The summed E-state index contributed by atoms with van der Waals surface area (Å²) in [5, 5.41) is 3.93. The molecule has 0 radical (unpaired) electrons. The van der Waals surface area contributed by atoms with Crippen LogP contribution in [0.4, 0.5) is 11.5 Å². The first-order valence-electron chi connectivity index (χ1n) is 6.03. The van der Waals surface area contributed by atoms with Gasteiger partial charge in [-0.3, -0.25) is 5.32 Å². The van der Waals surface area contributed by atoms with Crippen molar-refractivity contribution in [1.82, 2.24) is 9.97 Å². The van der Waals surface area contributed by atoms with Crippen LogP contribution in [0.25, 0.3) is 10.9 Å². The summed E-state index contributed by atoms with van der Waals surface area (Å²) in [4.78, 5) is 12.9. The number of aromatic nitrogens is 2. The maximum atomic E-state index is 5.80. The van der Waals surface area contributed by atoms with Crippen molar-refractivity contribution < 1.29 is 4.74 Å². The third-order valence-corrected chi connectivity index (χ3v) is 2.85. The highest BCUT2D eigenvalue weighted by Gasteiger charge is 2.26. The number of benzene rings is 1. The summed E-state index contributed by atoms with van der Waals surface area (Å²) >= 11 is 0. The molecule has 3 rings (SSSR count). The molecule has 1 aromatic heterocycles. The molecule has 1 aliphatic rings. The third-order valence-electron chi connectivity index (χ3n) is 2.85. The minimum Gasteiger partial charge on any atom is -0.462 e. The van der Waals surface area contributed by atoms with Gasteiger partial charge in [0.2, 0.25) is 0 Å². The van der Waals surface area contributed by atoms with E-state index in [0.717, 1.165) is 10.9 Å². The number of hydrogen-bond acceptors (Lipinski definition) is 6. The van der Waals surface area contributed by atoms with Gasteiger partial charge < -0.3 is 10.5 Å². The molecule has 3 N–H and O–H groups in total. The molecule has 0 saturated carbocycles. The van der Waals surface area contributed by atoms with Gasteiger partial charge in [-0.25, -0.2) is 15.0 Å². The Bertz CT molecular complexity index is 665. The quantitative estimate of drug-likeness (QED) is 0.761. The molecule has 1 aromatic carbocycles. The topological polar surface area (TPSA) is 85.4 Å². The summed E-state index contributed by atoms with van der Waals surface area (Å²) in [7, 11) is 0. The van der Waals surface area contributed by atoms with E-state index in [0.29, 0.717) is 24.1 Å². The Hall–Kier alpha value is -2.37. The van der Waals surface area contributed by atoms with Crippen LogP contribution >= 0.6 is 0 Å². The van der Waals surface area contributed by atoms with Crippen molar-refractivity contribution in [2.24, 2.45) is 4.99 Å². The number of ether oxygens (including phenoxy) is 1. The minimum absolute atomic E-state index is 0.204. The molecule has 0 atom stereocenters. The van der Waals surface area contributed by atoms with E-state index < -0.39 is 0 Å². The first kappa shape index (κ1) is 11.7. The molecule has 0 saturated heterocycles. The van der Waals surface area contributed by atoms with Gasteiger partial charge in [-0.05, 0) is 32.0 Å². The third kappa shape index (κ3) is 2.29. The summed E-state index contributed by atoms with van der Waals surface area (Å²) in [6.45, 7) is 4.58. The van der Waals surface area contributed by atoms with E-state index in [2.05, 4.69) is 20.3 Å². The molecule has 0 bridgehead atoms. The van der Waals surface area contributed by atoms with E-state index in [-0.39, 0.29) is 5.54 Å². The molecule has 6 nitrogen and oxygen atoms in total. The smallest absolute Gasteiger partial charge is 0.291 e. The van der Waals surface area contributed by atoms with Crippen molar-refractivity contribution in [2.75, 3.05) is 17.7 Å². The SMILES string of the molecule is CC1(C)COC(Nc2ncnc3ccc(N)cc23)=N1. The lowest BCUT2D eigenvalue weighted by Crippen LogP contribution is -2.17. The van der Waals surface area contributed by atoms with Crippen LogP contribution in [0.5, 0.6) is 0 Å². The Balaban J connectivity index is 2.00. The van der Waals surface area contributed by atoms with E-state index in [4.69, 9.17) is 10.5 Å². The van der Waals surface area contributed by atoms with Crippen molar-refractivity contribution in [2.45, 2.75) is 19.4 Å². The Morgan fingerprint density at radius 1 is 1.32 bits per heavy atom. The van der Waals surface area contributed by atoms with Crippen molar-refractivity contribution >= 4 is 28.4 Å². The lowest BCUT2D eigenvalue weighted by atomic mass is 10.1. The molecule has 6 heteroatoms. The van der Waals surface area contributed by atoms with Crippen LogP contribution in [0, 0.1) is 0 Å². The highest BCUT2D eigenvalue weighted by atomic mass is 16.5. The number of hydrogen-bond donors (Lipinski definition) is 2. The van der Waals surface area contributed by atoms with Gasteiger partial charge in [0, 0.05) is 11.1 Å². The number of nitrogens with two attached hydrogens (primary N) is 1.